The topological polar surface area (TPSA) is 42.0 Å². The van der Waals surface area contributed by atoms with E-state index >= 15 is 0 Å². The predicted octanol–water partition coefficient (Wildman–Crippen LogP) is 4.51. The van der Waals surface area contributed by atoms with Crippen molar-refractivity contribution >= 4 is 17.5 Å². The van der Waals surface area contributed by atoms with Gasteiger partial charge in [-0.3, -0.25) is 9.69 Å². The van der Waals surface area contributed by atoms with Crippen LogP contribution in [-0.2, 0) is 17.9 Å². The van der Waals surface area contributed by atoms with Gasteiger partial charge in [0.1, 0.15) is 0 Å². The Bertz CT molecular complexity index is 889. The highest BCUT2D eigenvalue weighted by Gasteiger charge is 2.28. The number of nitrogens with zero attached hydrogens (tertiary/aromatic N) is 2. The Morgan fingerprint density at radius 3 is 2.87 bits per heavy atom. The number of likely N-dealkylation sites (tertiary alicyclic amines) is 1. The van der Waals surface area contributed by atoms with Crippen LogP contribution in [0.5, 0.6) is 11.5 Å². The van der Waals surface area contributed by atoms with Crippen molar-refractivity contribution in [3.63, 3.8) is 0 Å². The zero-order valence-corrected chi connectivity index (χ0v) is 18.2. The monoisotopic (exact) mass is 428 g/mol. The van der Waals surface area contributed by atoms with Crippen LogP contribution in [0.4, 0.5) is 0 Å². The molecule has 0 bridgehead atoms. The SMILES string of the molecule is COc1cccc2c1OCCCN([C@H]1CCC(=O)N(Cc3cccc(Cl)c3)CC1)C2. The molecule has 0 saturated carbocycles. The predicted molar refractivity (Wildman–Crippen MR) is 118 cm³/mol. The first-order valence-corrected chi connectivity index (χ1v) is 11.1. The molecule has 4 rings (SSSR count). The molecule has 0 unspecified atom stereocenters. The molecule has 0 N–H and O–H groups in total. The average Bonchev–Trinajstić information content (AvgIpc) is 2.90. The van der Waals surface area contributed by atoms with Crippen molar-refractivity contribution in [1.29, 1.82) is 0 Å². The van der Waals surface area contributed by atoms with Crippen LogP contribution in [0, 0.1) is 0 Å². The summed E-state index contributed by atoms with van der Waals surface area (Å²) in [6, 6.07) is 14.2. The van der Waals surface area contributed by atoms with Crippen LogP contribution in [-0.4, -0.2) is 48.6 Å². The van der Waals surface area contributed by atoms with Crippen molar-refractivity contribution in [3.05, 3.63) is 58.6 Å². The maximum absolute atomic E-state index is 12.8. The van der Waals surface area contributed by atoms with Crippen molar-refractivity contribution in [2.75, 3.05) is 26.8 Å². The van der Waals surface area contributed by atoms with Gasteiger partial charge in [0.25, 0.3) is 0 Å². The molecule has 2 aromatic carbocycles. The summed E-state index contributed by atoms with van der Waals surface area (Å²) in [6.45, 7) is 3.87. The third-order valence-electron chi connectivity index (χ3n) is 6.05. The molecule has 1 atom stereocenters. The first-order chi connectivity index (χ1) is 14.6. The molecule has 0 radical (unpaired) electrons. The molecule has 1 amide bonds. The average molecular weight is 429 g/mol. The van der Waals surface area contributed by atoms with Gasteiger partial charge >= 0.3 is 0 Å². The van der Waals surface area contributed by atoms with Gasteiger partial charge in [-0.25, -0.2) is 0 Å². The molecule has 0 aromatic heterocycles. The maximum Gasteiger partial charge on any atom is 0.222 e. The quantitative estimate of drug-likeness (QED) is 0.718. The lowest BCUT2D eigenvalue weighted by Gasteiger charge is -2.33. The van der Waals surface area contributed by atoms with E-state index < -0.39 is 0 Å². The summed E-state index contributed by atoms with van der Waals surface area (Å²) < 4.78 is 11.5. The van der Waals surface area contributed by atoms with Gasteiger partial charge in [-0.05, 0) is 43.0 Å². The smallest absolute Gasteiger partial charge is 0.222 e. The number of para-hydroxylation sites is 1. The molecule has 5 nitrogen and oxygen atoms in total. The van der Waals surface area contributed by atoms with Crippen LogP contribution in [0.2, 0.25) is 5.02 Å². The first-order valence-electron chi connectivity index (χ1n) is 10.7. The summed E-state index contributed by atoms with van der Waals surface area (Å²) in [5, 5.41) is 0.713. The highest BCUT2D eigenvalue weighted by Crippen LogP contribution is 2.34. The van der Waals surface area contributed by atoms with E-state index in [9.17, 15) is 4.79 Å². The number of fused-ring (bicyclic) bond motifs is 1. The van der Waals surface area contributed by atoms with Crippen molar-refractivity contribution in [2.24, 2.45) is 0 Å². The number of halogens is 1. The Balaban J connectivity index is 1.46. The Kier molecular flexibility index (Phi) is 6.80. The fraction of sp³-hybridized carbons (Fsp3) is 0.458. The van der Waals surface area contributed by atoms with E-state index in [1.807, 2.05) is 41.3 Å². The number of rotatable bonds is 4. The van der Waals surface area contributed by atoms with Gasteiger partial charge in [0.2, 0.25) is 5.91 Å². The molecule has 2 heterocycles. The lowest BCUT2D eigenvalue weighted by Crippen LogP contribution is -2.38. The fourth-order valence-corrected chi connectivity index (χ4v) is 4.68. The van der Waals surface area contributed by atoms with Crippen molar-refractivity contribution in [3.8, 4) is 11.5 Å². The Hall–Kier alpha value is -2.24. The number of amides is 1. The number of methoxy groups -OCH3 is 1. The second-order valence-corrected chi connectivity index (χ2v) is 8.48. The molecule has 2 aliphatic rings. The van der Waals surface area contributed by atoms with Crippen LogP contribution >= 0.6 is 11.6 Å². The van der Waals surface area contributed by atoms with E-state index in [0.717, 1.165) is 61.5 Å². The minimum atomic E-state index is 0.231. The molecular weight excluding hydrogens is 400 g/mol. The fourth-order valence-electron chi connectivity index (χ4n) is 4.47. The summed E-state index contributed by atoms with van der Waals surface area (Å²) in [6.07, 6.45) is 3.43. The van der Waals surface area contributed by atoms with E-state index in [4.69, 9.17) is 21.1 Å². The Labute approximate surface area is 183 Å². The van der Waals surface area contributed by atoms with E-state index in [0.29, 0.717) is 30.6 Å². The van der Waals surface area contributed by atoms with E-state index in [-0.39, 0.29) is 5.91 Å². The highest BCUT2D eigenvalue weighted by molar-refractivity contribution is 6.30. The van der Waals surface area contributed by atoms with Crippen molar-refractivity contribution in [2.45, 2.75) is 44.8 Å². The Morgan fingerprint density at radius 2 is 2.03 bits per heavy atom. The van der Waals surface area contributed by atoms with Crippen LogP contribution in [0.3, 0.4) is 0 Å². The number of hydrogen-bond acceptors (Lipinski definition) is 4. The number of carbonyl (C=O) groups is 1. The summed E-state index contributed by atoms with van der Waals surface area (Å²) in [5.41, 5.74) is 2.24. The van der Waals surface area contributed by atoms with Crippen LogP contribution in [0.25, 0.3) is 0 Å². The molecular formula is C24H29ClN2O3. The number of benzene rings is 2. The summed E-state index contributed by atoms with van der Waals surface area (Å²) >= 11 is 6.12. The van der Waals surface area contributed by atoms with Gasteiger partial charge in [0.05, 0.1) is 13.7 Å². The number of ether oxygens (including phenoxy) is 2. The molecule has 0 aliphatic carbocycles. The van der Waals surface area contributed by atoms with E-state index in [1.165, 1.54) is 0 Å². The number of hydrogen-bond donors (Lipinski definition) is 0. The third kappa shape index (κ3) is 4.90. The summed E-state index contributed by atoms with van der Waals surface area (Å²) in [7, 11) is 1.68. The lowest BCUT2D eigenvalue weighted by molar-refractivity contribution is -0.131. The normalized spacial score (nSPS) is 20.5. The second kappa shape index (κ2) is 9.71. The molecule has 0 spiro atoms. The largest absolute Gasteiger partial charge is 0.493 e. The molecule has 6 heteroatoms. The van der Waals surface area contributed by atoms with Crippen molar-refractivity contribution < 1.29 is 14.3 Å². The molecule has 1 saturated heterocycles. The van der Waals surface area contributed by atoms with Crippen LogP contribution in [0.15, 0.2) is 42.5 Å². The van der Waals surface area contributed by atoms with Gasteiger partial charge in [-0.2, -0.15) is 0 Å². The minimum absolute atomic E-state index is 0.231. The highest BCUT2D eigenvalue weighted by atomic mass is 35.5. The Morgan fingerprint density at radius 1 is 1.17 bits per heavy atom. The first kappa shape index (κ1) is 21.0. The van der Waals surface area contributed by atoms with Crippen LogP contribution < -0.4 is 9.47 Å². The van der Waals surface area contributed by atoms with Gasteiger partial charge in [0.15, 0.2) is 11.5 Å². The van der Waals surface area contributed by atoms with E-state index in [1.54, 1.807) is 7.11 Å². The second-order valence-electron chi connectivity index (χ2n) is 8.05. The summed E-state index contributed by atoms with van der Waals surface area (Å²) in [5.74, 6) is 1.88. The standard InChI is InChI=1S/C24H29ClN2O3/c1-29-22-8-3-6-19-17-26(12-4-14-30-24(19)22)21-9-10-23(28)27(13-11-21)16-18-5-2-7-20(25)15-18/h2-3,5-8,15,21H,4,9-14,16-17H2,1H3/t21-/m0/s1. The third-order valence-corrected chi connectivity index (χ3v) is 6.28. The number of carbonyl (C=O) groups excluding carboxylic acids is 1. The van der Waals surface area contributed by atoms with Gasteiger partial charge < -0.3 is 14.4 Å². The van der Waals surface area contributed by atoms with Crippen LogP contribution in [0.1, 0.15) is 36.8 Å². The van der Waals surface area contributed by atoms with Gasteiger partial charge in [0, 0.05) is 49.2 Å². The van der Waals surface area contributed by atoms with Gasteiger partial charge in [-0.15, -0.1) is 0 Å². The maximum atomic E-state index is 12.8. The van der Waals surface area contributed by atoms with Crippen molar-refractivity contribution in [1.82, 2.24) is 9.80 Å². The summed E-state index contributed by atoms with van der Waals surface area (Å²) in [4.78, 5) is 17.3. The lowest BCUT2D eigenvalue weighted by atomic mass is 10.0. The molecule has 2 aromatic rings. The molecule has 30 heavy (non-hydrogen) atoms. The van der Waals surface area contributed by atoms with Gasteiger partial charge in [-0.1, -0.05) is 35.9 Å². The zero-order valence-electron chi connectivity index (χ0n) is 17.5. The zero-order chi connectivity index (χ0) is 20.9. The molecule has 2 aliphatic heterocycles. The van der Waals surface area contributed by atoms with E-state index in [2.05, 4.69) is 11.0 Å². The molecule has 160 valence electrons. The minimum Gasteiger partial charge on any atom is -0.493 e. The molecule has 1 fully saturated rings.